The molecule has 4 aromatic rings. The Balaban J connectivity index is 1.36. The number of amides is 2. The summed E-state index contributed by atoms with van der Waals surface area (Å²) in [5, 5.41) is 11.2. The number of carbonyl (C=O) groups excluding carboxylic acids is 1. The van der Waals surface area contributed by atoms with Crippen LogP contribution in [0, 0.1) is 0 Å². The van der Waals surface area contributed by atoms with E-state index in [1.54, 1.807) is 42.6 Å². The molecule has 1 aromatic heterocycles. The van der Waals surface area contributed by atoms with Crippen molar-refractivity contribution in [3.05, 3.63) is 94.6 Å². The number of anilines is 6. The average Bonchev–Trinajstić information content (AvgIpc) is 2.83. The Labute approximate surface area is 213 Å². The highest BCUT2D eigenvalue weighted by atomic mass is 35.5. The summed E-state index contributed by atoms with van der Waals surface area (Å²) in [7, 11) is 0. The quantitative estimate of drug-likeness (QED) is 0.202. The van der Waals surface area contributed by atoms with Gasteiger partial charge in [-0.1, -0.05) is 35.3 Å². The molecule has 0 saturated carbocycles. The van der Waals surface area contributed by atoms with Crippen LogP contribution in [0.5, 0.6) is 0 Å². The largest absolute Gasteiger partial charge is 0.417 e. The van der Waals surface area contributed by atoms with E-state index in [2.05, 4.69) is 31.2 Å². The molecule has 4 rings (SSSR count). The molecule has 0 fully saturated rings. The summed E-state index contributed by atoms with van der Waals surface area (Å²) < 4.78 is 39.0. The molecule has 0 saturated heterocycles. The van der Waals surface area contributed by atoms with Gasteiger partial charge < -0.3 is 21.3 Å². The van der Waals surface area contributed by atoms with E-state index in [-0.39, 0.29) is 5.69 Å². The van der Waals surface area contributed by atoms with E-state index in [1.807, 2.05) is 18.2 Å². The first-order valence-corrected chi connectivity index (χ1v) is 11.1. The van der Waals surface area contributed by atoms with Crippen LogP contribution in [-0.2, 0) is 6.18 Å². The number of alkyl halides is 3. The SMILES string of the molecule is O=C(Nc1ccc(Nc2nccc(Nc3ccccc3Cl)n2)cc1)Nc1ccc(Cl)c(C(F)(F)F)c1. The van der Waals surface area contributed by atoms with Crippen LogP contribution >= 0.6 is 23.2 Å². The van der Waals surface area contributed by atoms with E-state index in [0.29, 0.717) is 33.9 Å². The number of urea groups is 1. The molecule has 0 radical (unpaired) electrons. The zero-order valence-corrected chi connectivity index (χ0v) is 19.7. The molecule has 0 aliphatic rings. The van der Waals surface area contributed by atoms with E-state index < -0.39 is 22.8 Å². The fourth-order valence-corrected chi connectivity index (χ4v) is 3.48. The highest BCUT2D eigenvalue weighted by Gasteiger charge is 2.33. The molecule has 7 nitrogen and oxygen atoms in total. The van der Waals surface area contributed by atoms with Crippen LogP contribution in [0.3, 0.4) is 0 Å². The molecule has 0 unspecified atom stereocenters. The van der Waals surface area contributed by atoms with Crippen LogP contribution in [0.4, 0.5) is 52.5 Å². The molecule has 3 aromatic carbocycles. The zero-order chi connectivity index (χ0) is 25.7. The Morgan fingerprint density at radius 1 is 0.778 bits per heavy atom. The van der Waals surface area contributed by atoms with Gasteiger partial charge in [-0.25, -0.2) is 9.78 Å². The molecule has 12 heteroatoms. The molecule has 184 valence electrons. The number of carbonyl (C=O) groups is 1. The van der Waals surface area contributed by atoms with Crippen LogP contribution in [-0.4, -0.2) is 16.0 Å². The van der Waals surface area contributed by atoms with Crippen LogP contribution < -0.4 is 21.3 Å². The lowest BCUT2D eigenvalue weighted by atomic mass is 10.2. The van der Waals surface area contributed by atoms with Gasteiger partial charge in [-0.2, -0.15) is 18.2 Å². The summed E-state index contributed by atoms with van der Waals surface area (Å²) in [5.74, 6) is 0.861. The number of aromatic nitrogens is 2. The number of hydrogen-bond acceptors (Lipinski definition) is 5. The van der Waals surface area contributed by atoms with Crippen molar-refractivity contribution in [3.63, 3.8) is 0 Å². The van der Waals surface area contributed by atoms with Crippen LogP contribution in [0.25, 0.3) is 0 Å². The summed E-state index contributed by atoms with van der Waals surface area (Å²) in [4.78, 5) is 20.8. The highest BCUT2D eigenvalue weighted by molar-refractivity contribution is 6.33. The Hall–Kier alpha value is -4.02. The Morgan fingerprint density at radius 2 is 1.44 bits per heavy atom. The minimum Gasteiger partial charge on any atom is -0.339 e. The third-order valence-electron chi connectivity index (χ3n) is 4.72. The molecule has 36 heavy (non-hydrogen) atoms. The second-order valence-electron chi connectivity index (χ2n) is 7.34. The third kappa shape index (κ3) is 6.55. The molecular weight excluding hydrogens is 516 g/mol. The van der Waals surface area contributed by atoms with Crippen LogP contribution in [0.1, 0.15) is 5.56 Å². The lowest BCUT2D eigenvalue weighted by molar-refractivity contribution is -0.137. The maximum atomic E-state index is 13.0. The first-order chi connectivity index (χ1) is 17.2. The van der Waals surface area contributed by atoms with Crippen molar-refractivity contribution in [1.82, 2.24) is 9.97 Å². The van der Waals surface area contributed by atoms with Gasteiger partial charge in [0.05, 0.1) is 21.3 Å². The smallest absolute Gasteiger partial charge is 0.339 e. The standard InChI is InChI=1S/C24H17Cl2F3N6O/c25-18-10-9-16(13-17(18)24(27,28)29)33-23(36)32-15-7-5-14(6-8-15)31-22-30-12-11-21(35-22)34-20-4-2-1-3-19(20)26/h1-13H,(H2,32,33,36)(H2,30,31,34,35). The van der Waals surface area contributed by atoms with Crippen molar-refractivity contribution in [2.45, 2.75) is 6.18 Å². The maximum Gasteiger partial charge on any atom is 0.417 e. The highest BCUT2D eigenvalue weighted by Crippen LogP contribution is 2.36. The van der Waals surface area contributed by atoms with Gasteiger partial charge in [-0.15, -0.1) is 0 Å². The third-order valence-corrected chi connectivity index (χ3v) is 5.38. The summed E-state index contributed by atoms with van der Waals surface area (Å²) in [6.45, 7) is 0. The van der Waals surface area contributed by atoms with Gasteiger partial charge >= 0.3 is 12.2 Å². The Morgan fingerprint density at radius 3 is 2.17 bits per heavy atom. The Kier molecular flexibility index (Phi) is 7.47. The van der Waals surface area contributed by atoms with Gasteiger partial charge in [-0.05, 0) is 60.7 Å². The maximum absolute atomic E-state index is 13.0. The average molecular weight is 533 g/mol. The zero-order valence-electron chi connectivity index (χ0n) is 18.2. The number of hydrogen-bond donors (Lipinski definition) is 4. The second kappa shape index (κ2) is 10.7. The number of para-hydroxylation sites is 1. The minimum absolute atomic E-state index is 0.0510. The second-order valence-corrected chi connectivity index (χ2v) is 8.16. The monoisotopic (exact) mass is 532 g/mol. The fraction of sp³-hybridized carbons (Fsp3) is 0.0417. The minimum atomic E-state index is -4.64. The molecule has 0 spiro atoms. The molecule has 0 aliphatic heterocycles. The number of rotatable bonds is 6. The van der Waals surface area contributed by atoms with Crippen molar-refractivity contribution in [2.75, 3.05) is 21.3 Å². The molecular formula is C24H17Cl2F3N6O. The van der Waals surface area contributed by atoms with Crippen molar-refractivity contribution in [1.29, 1.82) is 0 Å². The Bertz CT molecular complexity index is 1380. The normalized spacial score (nSPS) is 11.0. The van der Waals surface area contributed by atoms with Gasteiger partial charge in [0, 0.05) is 23.3 Å². The predicted molar refractivity (Wildman–Crippen MR) is 136 cm³/mol. The molecule has 0 aliphatic carbocycles. The van der Waals surface area contributed by atoms with Crippen molar-refractivity contribution in [2.24, 2.45) is 0 Å². The lowest BCUT2D eigenvalue weighted by Gasteiger charge is -2.13. The molecule has 1 heterocycles. The number of nitrogens with one attached hydrogen (secondary N) is 4. The van der Waals surface area contributed by atoms with Gasteiger partial charge in [0.25, 0.3) is 0 Å². The summed E-state index contributed by atoms with van der Waals surface area (Å²) in [6, 6.07) is 17.9. The van der Waals surface area contributed by atoms with Crippen molar-refractivity contribution >= 4 is 63.7 Å². The predicted octanol–water partition coefficient (Wildman–Crippen LogP) is 7.93. The van der Waals surface area contributed by atoms with Gasteiger partial charge in [0.15, 0.2) is 0 Å². The molecule has 4 N–H and O–H groups in total. The topological polar surface area (TPSA) is 91.0 Å². The molecule has 2 amide bonds. The summed E-state index contributed by atoms with van der Waals surface area (Å²) in [6.07, 6.45) is -3.06. The molecule has 0 bridgehead atoms. The summed E-state index contributed by atoms with van der Waals surface area (Å²) in [5.41, 5.74) is 0.669. The van der Waals surface area contributed by atoms with E-state index in [9.17, 15) is 18.0 Å². The van der Waals surface area contributed by atoms with E-state index in [4.69, 9.17) is 23.2 Å². The first-order valence-electron chi connectivity index (χ1n) is 10.3. The molecule has 0 atom stereocenters. The first kappa shape index (κ1) is 25.1. The van der Waals surface area contributed by atoms with Crippen LogP contribution in [0.2, 0.25) is 10.0 Å². The number of halogens is 5. The van der Waals surface area contributed by atoms with Gasteiger partial charge in [0.1, 0.15) is 5.82 Å². The van der Waals surface area contributed by atoms with Crippen molar-refractivity contribution in [3.8, 4) is 0 Å². The van der Waals surface area contributed by atoms with Gasteiger partial charge in [0.2, 0.25) is 5.95 Å². The van der Waals surface area contributed by atoms with E-state index in [0.717, 1.165) is 12.1 Å². The lowest BCUT2D eigenvalue weighted by Crippen LogP contribution is -2.19. The fourth-order valence-electron chi connectivity index (χ4n) is 3.07. The van der Waals surface area contributed by atoms with E-state index in [1.165, 1.54) is 6.07 Å². The van der Waals surface area contributed by atoms with Crippen LogP contribution in [0.15, 0.2) is 79.0 Å². The van der Waals surface area contributed by atoms with Gasteiger partial charge in [-0.3, -0.25) is 0 Å². The van der Waals surface area contributed by atoms with E-state index >= 15 is 0 Å². The van der Waals surface area contributed by atoms with Crippen molar-refractivity contribution < 1.29 is 18.0 Å². The number of nitrogens with zero attached hydrogens (tertiary/aromatic N) is 2. The summed E-state index contributed by atoms with van der Waals surface area (Å²) >= 11 is 11.8. The number of benzene rings is 3.